The van der Waals surface area contributed by atoms with Crippen LogP contribution in [0.25, 0.3) is 0 Å². The molecule has 0 saturated heterocycles. The summed E-state index contributed by atoms with van der Waals surface area (Å²) in [6, 6.07) is 14.1. The molecular formula is C17H17ClFNOS. The monoisotopic (exact) mass is 337 g/mol. The predicted octanol–water partition coefficient (Wildman–Crippen LogP) is 4.42. The molecule has 0 aliphatic heterocycles. The normalized spacial score (nSPS) is 10.5. The first kappa shape index (κ1) is 16.8. The maximum Gasteiger partial charge on any atom is 0.221 e. The molecule has 5 heteroatoms. The van der Waals surface area contributed by atoms with Gasteiger partial charge < -0.3 is 5.32 Å². The molecule has 1 amide bonds. The lowest BCUT2D eigenvalue weighted by Crippen LogP contribution is -2.23. The molecule has 0 bridgehead atoms. The Labute approximate surface area is 139 Å². The minimum Gasteiger partial charge on any atom is -0.352 e. The molecule has 0 aliphatic carbocycles. The van der Waals surface area contributed by atoms with Gasteiger partial charge in [0.25, 0.3) is 0 Å². The second-order valence-corrected chi connectivity index (χ2v) is 6.27. The number of nitrogens with one attached hydrogen (secondary N) is 1. The average Bonchev–Trinajstić information content (AvgIpc) is 2.52. The molecule has 0 aliphatic rings. The van der Waals surface area contributed by atoms with Crippen LogP contribution in [0, 0.1) is 5.82 Å². The van der Waals surface area contributed by atoms with Crippen LogP contribution in [0.2, 0.25) is 5.02 Å². The van der Waals surface area contributed by atoms with Crippen LogP contribution in [-0.2, 0) is 17.1 Å². The van der Waals surface area contributed by atoms with Crippen molar-refractivity contribution in [2.45, 2.75) is 18.7 Å². The molecular weight excluding hydrogens is 321 g/mol. The summed E-state index contributed by atoms with van der Waals surface area (Å²) in [6.45, 7) is 0.427. The number of rotatable bonds is 7. The molecule has 0 fully saturated rings. The highest BCUT2D eigenvalue weighted by atomic mass is 35.5. The summed E-state index contributed by atoms with van der Waals surface area (Å²) in [7, 11) is 0. The molecule has 116 valence electrons. The van der Waals surface area contributed by atoms with E-state index in [1.165, 1.54) is 6.07 Å². The van der Waals surface area contributed by atoms with E-state index in [0.717, 1.165) is 5.56 Å². The summed E-state index contributed by atoms with van der Waals surface area (Å²) in [6.07, 6.45) is 0.406. The van der Waals surface area contributed by atoms with Crippen LogP contribution in [0.5, 0.6) is 0 Å². The maximum absolute atomic E-state index is 13.4. The van der Waals surface area contributed by atoms with Gasteiger partial charge in [-0.1, -0.05) is 48.0 Å². The van der Waals surface area contributed by atoms with Gasteiger partial charge in [0.05, 0.1) is 0 Å². The van der Waals surface area contributed by atoms with Gasteiger partial charge in [-0.2, -0.15) is 11.8 Å². The van der Waals surface area contributed by atoms with Gasteiger partial charge in [0.1, 0.15) is 5.82 Å². The molecule has 22 heavy (non-hydrogen) atoms. The zero-order chi connectivity index (χ0) is 15.8. The third-order valence-electron chi connectivity index (χ3n) is 3.12. The third kappa shape index (κ3) is 5.35. The number of hydrogen-bond acceptors (Lipinski definition) is 2. The van der Waals surface area contributed by atoms with Crippen molar-refractivity contribution < 1.29 is 9.18 Å². The fraction of sp³-hybridized carbons (Fsp3) is 0.235. The number of carbonyl (C=O) groups excluding carboxylic acids is 1. The third-order valence-corrected chi connectivity index (χ3v) is 4.50. The molecule has 2 rings (SSSR count). The van der Waals surface area contributed by atoms with E-state index in [1.54, 1.807) is 30.0 Å². The first-order valence-corrected chi connectivity index (χ1v) is 8.51. The smallest absolute Gasteiger partial charge is 0.221 e. The maximum atomic E-state index is 13.4. The van der Waals surface area contributed by atoms with E-state index in [2.05, 4.69) is 5.32 Å². The lowest BCUT2D eigenvalue weighted by molar-refractivity contribution is -0.120. The molecule has 0 atom stereocenters. The van der Waals surface area contributed by atoms with Gasteiger partial charge >= 0.3 is 0 Å². The van der Waals surface area contributed by atoms with Crippen LogP contribution >= 0.6 is 23.4 Å². The van der Waals surface area contributed by atoms with Gasteiger partial charge in [0.2, 0.25) is 5.91 Å². The minimum atomic E-state index is -0.196. The minimum absolute atomic E-state index is 0.0269. The molecule has 0 radical (unpaired) electrons. The zero-order valence-electron chi connectivity index (χ0n) is 12.0. The van der Waals surface area contributed by atoms with Gasteiger partial charge in [-0.15, -0.1) is 0 Å². The lowest BCUT2D eigenvalue weighted by Gasteiger charge is -2.07. The largest absolute Gasteiger partial charge is 0.352 e. The van der Waals surface area contributed by atoms with E-state index in [1.807, 2.05) is 24.3 Å². The summed E-state index contributed by atoms with van der Waals surface area (Å²) in [5, 5.41) is 3.49. The van der Waals surface area contributed by atoms with Gasteiger partial charge in [0.15, 0.2) is 0 Å². The topological polar surface area (TPSA) is 29.1 Å². The second kappa shape index (κ2) is 8.81. The van der Waals surface area contributed by atoms with E-state index in [4.69, 9.17) is 11.6 Å². The van der Waals surface area contributed by atoms with Gasteiger partial charge in [0, 0.05) is 29.5 Å². The summed E-state index contributed by atoms with van der Waals surface area (Å²) >= 11 is 7.57. The molecule has 1 N–H and O–H groups in total. The van der Waals surface area contributed by atoms with Crippen LogP contribution in [0.1, 0.15) is 17.5 Å². The number of halogens is 2. The molecule has 0 unspecified atom stereocenters. The van der Waals surface area contributed by atoms with Crippen molar-refractivity contribution in [3.05, 3.63) is 70.5 Å². The molecule has 2 aromatic rings. The molecule has 0 spiro atoms. The average molecular weight is 338 g/mol. The van der Waals surface area contributed by atoms with E-state index in [-0.39, 0.29) is 11.7 Å². The van der Waals surface area contributed by atoms with Crippen molar-refractivity contribution in [2.24, 2.45) is 0 Å². The second-order valence-electron chi connectivity index (χ2n) is 4.76. The van der Waals surface area contributed by atoms with Crippen LogP contribution in [0.4, 0.5) is 4.39 Å². The van der Waals surface area contributed by atoms with Crippen molar-refractivity contribution in [1.29, 1.82) is 0 Å². The molecule has 2 aromatic carbocycles. The van der Waals surface area contributed by atoms with Crippen molar-refractivity contribution >= 4 is 29.3 Å². The number of carbonyl (C=O) groups is 1. The number of benzene rings is 2. The summed E-state index contributed by atoms with van der Waals surface area (Å²) in [4.78, 5) is 11.8. The van der Waals surface area contributed by atoms with Crippen LogP contribution in [0.15, 0.2) is 48.5 Å². The van der Waals surface area contributed by atoms with Crippen molar-refractivity contribution in [1.82, 2.24) is 5.32 Å². The van der Waals surface area contributed by atoms with Crippen LogP contribution < -0.4 is 5.32 Å². The van der Waals surface area contributed by atoms with Gasteiger partial charge in [-0.25, -0.2) is 4.39 Å². The van der Waals surface area contributed by atoms with E-state index < -0.39 is 0 Å². The number of amides is 1. The fourth-order valence-electron chi connectivity index (χ4n) is 1.89. The quantitative estimate of drug-likeness (QED) is 0.758. The number of hydrogen-bond donors (Lipinski definition) is 1. The van der Waals surface area contributed by atoms with E-state index in [0.29, 0.717) is 35.1 Å². The Hall–Kier alpha value is -1.52. The van der Waals surface area contributed by atoms with Gasteiger partial charge in [-0.3, -0.25) is 4.79 Å². The lowest BCUT2D eigenvalue weighted by atomic mass is 10.2. The van der Waals surface area contributed by atoms with Gasteiger partial charge in [-0.05, 0) is 23.3 Å². The van der Waals surface area contributed by atoms with Crippen molar-refractivity contribution in [3.8, 4) is 0 Å². The number of thioether (sulfide) groups is 1. The Morgan fingerprint density at radius 1 is 1.09 bits per heavy atom. The Morgan fingerprint density at radius 2 is 1.77 bits per heavy atom. The summed E-state index contributed by atoms with van der Waals surface area (Å²) < 4.78 is 13.4. The Bertz CT molecular complexity index is 636. The molecule has 0 saturated carbocycles. The highest BCUT2D eigenvalue weighted by molar-refractivity contribution is 7.98. The summed E-state index contributed by atoms with van der Waals surface area (Å²) in [5.74, 6) is 1.01. The highest BCUT2D eigenvalue weighted by Crippen LogP contribution is 2.16. The SMILES string of the molecule is O=C(CCSCc1ccccc1F)NCc1ccccc1Cl. The van der Waals surface area contributed by atoms with Crippen molar-refractivity contribution in [3.63, 3.8) is 0 Å². The highest BCUT2D eigenvalue weighted by Gasteiger charge is 2.05. The molecule has 0 heterocycles. The Balaban J connectivity index is 1.66. The van der Waals surface area contributed by atoms with Crippen LogP contribution in [-0.4, -0.2) is 11.7 Å². The molecule has 0 aromatic heterocycles. The summed E-state index contributed by atoms with van der Waals surface area (Å²) in [5.41, 5.74) is 1.57. The van der Waals surface area contributed by atoms with Crippen molar-refractivity contribution in [2.75, 3.05) is 5.75 Å². The van der Waals surface area contributed by atoms with Crippen LogP contribution in [0.3, 0.4) is 0 Å². The first-order chi connectivity index (χ1) is 10.7. The standard InChI is InChI=1S/C17H17ClFNOS/c18-15-7-3-1-5-13(15)11-20-17(21)9-10-22-12-14-6-2-4-8-16(14)19/h1-8H,9-12H2,(H,20,21). The van der Waals surface area contributed by atoms with E-state index in [9.17, 15) is 9.18 Å². The first-order valence-electron chi connectivity index (χ1n) is 6.98. The van der Waals surface area contributed by atoms with E-state index >= 15 is 0 Å². The Morgan fingerprint density at radius 3 is 2.50 bits per heavy atom. The zero-order valence-corrected chi connectivity index (χ0v) is 13.6. The predicted molar refractivity (Wildman–Crippen MR) is 90.5 cm³/mol. The fourth-order valence-corrected chi connectivity index (χ4v) is 3.02. The Kier molecular flexibility index (Phi) is 6.74. The molecule has 2 nitrogen and oxygen atoms in total.